The van der Waals surface area contributed by atoms with Gasteiger partial charge >= 0.3 is 6.18 Å². The number of aromatic nitrogens is 1. The van der Waals surface area contributed by atoms with E-state index in [1.807, 2.05) is 6.92 Å². The second kappa shape index (κ2) is 8.36. The molecule has 1 N–H and O–H groups in total. The van der Waals surface area contributed by atoms with E-state index in [1.54, 1.807) is 24.3 Å². The number of amides is 1. The van der Waals surface area contributed by atoms with Crippen molar-refractivity contribution < 1.29 is 27.4 Å². The number of nitrogens with one attached hydrogen (secondary N) is 1. The lowest BCUT2D eigenvalue weighted by Crippen LogP contribution is -2.19. The van der Waals surface area contributed by atoms with Gasteiger partial charge in [0, 0.05) is 11.6 Å². The van der Waals surface area contributed by atoms with Gasteiger partial charge in [-0.15, -0.1) is 0 Å². The maximum absolute atomic E-state index is 12.2. The normalized spacial score (nSPS) is 11.0. The zero-order valence-corrected chi connectivity index (χ0v) is 13.5. The largest absolute Gasteiger partial charge is 0.494 e. The first kappa shape index (κ1) is 18.6. The number of carbonyl (C=O) groups excluding carboxylic acids is 1. The summed E-state index contributed by atoms with van der Waals surface area (Å²) in [5.74, 6) is 0.0292. The van der Waals surface area contributed by atoms with Crippen LogP contribution in [0.3, 0.4) is 0 Å². The van der Waals surface area contributed by atoms with Crippen molar-refractivity contribution in [1.29, 1.82) is 0 Å². The van der Waals surface area contributed by atoms with E-state index in [9.17, 15) is 18.0 Å². The van der Waals surface area contributed by atoms with Gasteiger partial charge in [0.15, 0.2) is 6.61 Å². The van der Waals surface area contributed by atoms with Gasteiger partial charge in [-0.3, -0.25) is 4.79 Å². The molecule has 0 bridgehead atoms. The van der Waals surface area contributed by atoms with Crippen LogP contribution < -0.4 is 14.8 Å². The third-order valence-corrected chi connectivity index (χ3v) is 2.95. The average molecular weight is 354 g/mol. The van der Waals surface area contributed by atoms with Crippen LogP contribution in [-0.2, 0) is 0 Å². The maximum Gasteiger partial charge on any atom is 0.422 e. The molecule has 1 heterocycles. The SMILES string of the molecule is CCCOc1cccc(C(=O)Nc2ccc(OCC(F)(F)F)nc2)c1. The zero-order chi connectivity index (χ0) is 18.3. The molecule has 8 heteroatoms. The molecule has 0 atom stereocenters. The van der Waals surface area contributed by atoms with Gasteiger partial charge in [0.2, 0.25) is 5.88 Å². The lowest BCUT2D eigenvalue weighted by Gasteiger charge is -2.10. The summed E-state index contributed by atoms with van der Waals surface area (Å²) in [6.45, 7) is 1.11. The molecule has 2 aromatic rings. The Labute approximate surface area is 142 Å². The second-order valence-electron chi connectivity index (χ2n) is 5.12. The molecule has 0 fully saturated rings. The Morgan fingerprint density at radius 2 is 2.00 bits per heavy atom. The quantitative estimate of drug-likeness (QED) is 0.814. The number of nitrogens with zero attached hydrogens (tertiary/aromatic N) is 1. The number of benzene rings is 1. The van der Waals surface area contributed by atoms with E-state index in [0.717, 1.165) is 6.42 Å². The van der Waals surface area contributed by atoms with E-state index in [1.165, 1.54) is 18.3 Å². The van der Waals surface area contributed by atoms with Crippen LogP contribution in [0, 0.1) is 0 Å². The average Bonchev–Trinajstić information content (AvgIpc) is 2.59. The summed E-state index contributed by atoms with van der Waals surface area (Å²) in [7, 11) is 0. The maximum atomic E-state index is 12.2. The summed E-state index contributed by atoms with van der Waals surface area (Å²) in [5, 5.41) is 2.61. The van der Waals surface area contributed by atoms with Crippen LogP contribution in [0.2, 0.25) is 0 Å². The van der Waals surface area contributed by atoms with Gasteiger partial charge in [0.1, 0.15) is 5.75 Å². The first-order valence-electron chi connectivity index (χ1n) is 7.57. The second-order valence-corrected chi connectivity index (χ2v) is 5.12. The number of hydrogen-bond acceptors (Lipinski definition) is 4. The number of pyridine rings is 1. The number of halogens is 3. The Morgan fingerprint density at radius 3 is 2.64 bits per heavy atom. The van der Waals surface area contributed by atoms with Crippen molar-refractivity contribution >= 4 is 11.6 Å². The lowest BCUT2D eigenvalue weighted by molar-refractivity contribution is -0.154. The topological polar surface area (TPSA) is 60.5 Å². The Hall–Kier alpha value is -2.77. The predicted molar refractivity (Wildman–Crippen MR) is 86.0 cm³/mol. The van der Waals surface area contributed by atoms with Gasteiger partial charge in [-0.1, -0.05) is 13.0 Å². The molecule has 1 aromatic carbocycles. The van der Waals surface area contributed by atoms with Crippen LogP contribution in [0.5, 0.6) is 11.6 Å². The highest BCUT2D eigenvalue weighted by Gasteiger charge is 2.28. The third kappa shape index (κ3) is 6.33. The van der Waals surface area contributed by atoms with Gasteiger partial charge in [-0.25, -0.2) is 4.98 Å². The highest BCUT2D eigenvalue weighted by Crippen LogP contribution is 2.19. The highest BCUT2D eigenvalue weighted by atomic mass is 19.4. The smallest absolute Gasteiger partial charge is 0.422 e. The molecule has 0 saturated carbocycles. The van der Waals surface area contributed by atoms with E-state index < -0.39 is 12.8 Å². The van der Waals surface area contributed by atoms with Crippen LogP contribution in [0.15, 0.2) is 42.6 Å². The Bertz CT molecular complexity index is 703. The van der Waals surface area contributed by atoms with Gasteiger partial charge < -0.3 is 14.8 Å². The molecule has 0 aliphatic heterocycles. The van der Waals surface area contributed by atoms with Crippen molar-refractivity contribution in [2.24, 2.45) is 0 Å². The Morgan fingerprint density at radius 1 is 1.20 bits per heavy atom. The standard InChI is InChI=1S/C17H17F3N2O3/c1-2-8-24-14-5-3-4-12(9-14)16(23)22-13-6-7-15(21-10-13)25-11-17(18,19)20/h3-7,9-10H,2,8,11H2,1H3,(H,22,23). The van der Waals surface area contributed by atoms with Crippen molar-refractivity contribution in [2.45, 2.75) is 19.5 Å². The van der Waals surface area contributed by atoms with E-state index in [-0.39, 0.29) is 11.8 Å². The number of alkyl halides is 3. The van der Waals surface area contributed by atoms with E-state index in [4.69, 9.17) is 4.74 Å². The highest BCUT2D eigenvalue weighted by molar-refractivity contribution is 6.04. The number of ether oxygens (including phenoxy) is 2. The molecule has 0 aliphatic rings. The lowest BCUT2D eigenvalue weighted by atomic mass is 10.2. The van der Waals surface area contributed by atoms with Crippen molar-refractivity contribution in [2.75, 3.05) is 18.5 Å². The summed E-state index contributed by atoms with van der Waals surface area (Å²) >= 11 is 0. The number of carbonyl (C=O) groups is 1. The van der Waals surface area contributed by atoms with Crippen LogP contribution in [-0.4, -0.2) is 30.3 Å². The van der Waals surface area contributed by atoms with Crippen LogP contribution in [0.1, 0.15) is 23.7 Å². The molecule has 2 rings (SSSR count). The summed E-state index contributed by atoms with van der Waals surface area (Å²) in [6, 6.07) is 9.35. The third-order valence-electron chi connectivity index (χ3n) is 2.95. The molecule has 0 radical (unpaired) electrons. The Kier molecular flexibility index (Phi) is 6.21. The minimum absolute atomic E-state index is 0.176. The Balaban J connectivity index is 1.96. The van der Waals surface area contributed by atoms with Crippen LogP contribution in [0.4, 0.5) is 18.9 Å². The van der Waals surface area contributed by atoms with Crippen LogP contribution in [0.25, 0.3) is 0 Å². The number of hydrogen-bond donors (Lipinski definition) is 1. The van der Waals surface area contributed by atoms with Gasteiger partial charge in [0.05, 0.1) is 18.5 Å². The summed E-state index contributed by atoms with van der Waals surface area (Å²) < 4.78 is 46.2. The fraction of sp³-hybridized carbons (Fsp3) is 0.294. The number of rotatable bonds is 7. The molecule has 0 spiro atoms. The first-order chi connectivity index (χ1) is 11.9. The fourth-order valence-electron chi connectivity index (χ4n) is 1.85. The van der Waals surface area contributed by atoms with Crippen molar-refractivity contribution in [3.8, 4) is 11.6 Å². The molecule has 0 unspecified atom stereocenters. The fourth-order valence-corrected chi connectivity index (χ4v) is 1.85. The van der Waals surface area contributed by atoms with Gasteiger partial charge in [0.25, 0.3) is 5.91 Å². The monoisotopic (exact) mass is 354 g/mol. The molecule has 0 aliphatic carbocycles. The molecule has 1 amide bonds. The first-order valence-corrected chi connectivity index (χ1v) is 7.57. The zero-order valence-electron chi connectivity index (χ0n) is 13.5. The van der Waals surface area contributed by atoms with Crippen molar-refractivity contribution in [1.82, 2.24) is 4.98 Å². The number of anilines is 1. The molecule has 25 heavy (non-hydrogen) atoms. The van der Waals surface area contributed by atoms with Gasteiger partial charge in [-0.2, -0.15) is 13.2 Å². The summed E-state index contributed by atoms with van der Waals surface area (Å²) in [6.07, 6.45) is -2.36. The molecular formula is C17H17F3N2O3. The minimum Gasteiger partial charge on any atom is -0.494 e. The molecule has 134 valence electrons. The van der Waals surface area contributed by atoms with Crippen molar-refractivity contribution in [3.05, 3.63) is 48.2 Å². The summed E-state index contributed by atoms with van der Waals surface area (Å²) in [5.41, 5.74) is 0.732. The van der Waals surface area contributed by atoms with E-state index in [2.05, 4.69) is 15.0 Å². The van der Waals surface area contributed by atoms with E-state index in [0.29, 0.717) is 23.6 Å². The molecule has 5 nitrogen and oxygen atoms in total. The predicted octanol–water partition coefficient (Wildman–Crippen LogP) is 4.06. The van der Waals surface area contributed by atoms with Gasteiger partial charge in [-0.05, 0) is 30.7 Å². The summed E-state index contributed by atoms with van der Waals surface area (Å²) in [4.78, 5) is 15.9. The van der Waals surface area contributed by atoms with E-state index >= 15 is 0 Å². The minimum atomic E-state index is -4.43. The molecule has 1 aromatic heterocycles. The van der Waals surface area contributed by atoms with Crippen LogP contribution >= 0.6 is 0 Å². The molecule has 0 saturated heterocycles. The molecular weight excluding hydrogens is 337 g/mol. The van der Waals surface area contributed by atoms with Crippen molar-refractivity contribution in [3.63, 3.8) is 0 Å².